The number of nitrogens with zero attached hydrogens (tertiary/aromatic N) is 2. The molecule has 85 heavy (non-hydrogen) atoms. The Bertz CT molecular complexity index is 2610. The van der Waals surface area contributed by atoms with Crippen molar-refractivity contribution in [1.82, 2.24) is 25.1 Å². The first kappa shape index (κ1) is 79.7. The van der Waals surface area contributed by atoms with Crippen molar-refractivity contribution in [2.45, 2.75) is 221 Å². The minimum Gasteiger partial charge on any atom is -1.00 e. The number of ketones is 1. The Balaban J connectivity index is 0.00000107. The van der Waals surface area contributed by atoms with E-state index in [0.29, 0.717) is 16.6 Å². The third-order valence-electron chi connectivity index (χ3n) is 20.2. The largest absolute Gasteiger partial charge is 1.00 e. The number of rotatable bonds is 15. The maximum atomic E-state index is 11.7. The molecule has 464 valence electrons. The summed E-state index contributed by atoms with van der Waals surface area (Å²) in [5, 5.41) is 10.8. The minimum atomic E-state index is -0.139. The number of Topliss-reactive ketones (excluding diaryl/α,β-unsaturated/α-hetero) is 1. The maximum absolute atomic E-state index is 11.7. The molecule has 6 atom stereocenters. The Kier molecular flexibility index (Phi) is 36.5. The van der Waals surface area contributed by atoms with Gasteiger partial charge < -0.3 is 42.8 Å². The van der Waals surface area contributed by atoms with Crippen molar-refractivity contribution in [3.63, 3.8) is 0 Å². The normalized spacial score (nSPS) is 25.4. The van der Waals surface area contributed by atoms with Gasteiger partial charge in [0.05, 0.1) is 5.41 Å². The summed E-state index contributed by atoms with van der Waals surface area (Å²) >= 11 is 0. The van der Waals surface area contributed by atoms with Crippen LogP contribution in [0.15, 0.2) is 98.8 Å². The van der Waals surface area contributed by atoms with Crippen LogP contribution in [0, 0.1) is 21.7 Å². The van der Waals surface area contributed by atoms with Gasteiger partial charge in [0.2, 0.25) is 11.8 Å². The van der Waals surface area contributed by atoms with Gasteiger partial charge in [-0.2, -0.15) is 0 Å². The molecule has 6 aliphatic rings. The van der Waals surface area contributed by atoms with Crippen LogP contribution in [0.4, 0.5) is 5.69 Å². The summed E-state index contributed by atoms with van der Waals surface area (Å²) < 4.78 is 2.45. The molecule has 4 aromatic rings. The fourth-order valence-corrected chi connectivity index (χ4v) is 15.0. The van der Waals surface area contributed by atoms with Crippen molar-refractivity contribution in [2.75, 3.05) is 44.6 Å². The Labute approximate surface area is 551 Å². The number of para-hydroxylation sites is 2. The molecule has 4 fully saturated rings. The molecule has 11 nitrogen and oxygen atoms in total. The fourth-order valence-electron chi connectivity index (χ4n) is 15.0. The molecule has 1 aliphatic carbocycles. The summed E-state index contributed by atoms with van der Waals surface area (Å²) in [4.78, 5) is 41.3. The molecule has 1 unspecified atom stereocenters. The summed E-state index contributed by atoms with van der Waals surface area (Å²) in [6.45, 7) is 34.5. The molecule has 5 aliphatic heterocycles. The van der Waals surface area contributed by atoms with E-state index in [1.807, 2.05) is 24.3 Å². The zero-order chi connectivity index (χ0) is 57.7. The number of carbonyl (C=O) groups is 3. The number of fused-ring (bicyclic) bond motifs is 6. The smallest absolute Gasteiger partial charge is 1.00 e. The van der Waals surface area contributed by atoms with Gasteiger partial charge in [0, 0.05) is 102 Å². The van der Waals surface area contributed by atoms with Gasteiger partial charge in [-0.1, -0.05) is 109 Å². The minimum absolute atomic E-state index is 0. The summed E-state index contributed by atoms with van der Waals surface area (Å²) in [6.07, 6.45) is 37.2. The number of H-pyrrole nitrogens is 1. The predicted molar refractivity (Wildman–Crippen MR) is 356 cm³/mol. The van der Waals surface area contributed by atoms with Crippen LogP contribution in [0.1, 0.15) is 215 Å². The Morgan fingerprint density at radius 1 is 0.671 bits per heavy atom. The number of carbonyl (C=O) groups excluding carboxylic acids is 3. The number of amides is 2. The van der Waals surface area contributed by atoms with Gasteiger partial charge in [-0.25, -0.2) is 0 Å². The molecule has 2 bridgehead atoms. The zero-order valence-corrected chi connectivity index (χ0v) is 54.3. The zero-order valence-electron chi connectivity index (χ0n) is 55.3. The topological polar surface area (TPSA) is 173 Å². The molecule has 2 aromatic carbocycles. The van der Waals surface area contributed by atoms with Gasteiger partial charge in [-0.3, -0.25) is 14.4 Å². The maximum Gasteiger partial charge on any atom is 1.00 e. The summed E-state index contributed by atoms with van der Waals surface area (Å²) in [7, 11) is 0. The van der Waals surface area contributed by atoms with Gasteiger partial charge in [-0.15, -0.1) is 19.7 Å². The quantitative estimate of drug-likeness (QED) is 0.0685. The molecule has 0 spiro atoms. The number of hydrogen-bond donors (Lipinski definition) is 4. The second kappa shape index (κ2) is 38.9. The molecular weight excluding hydrogens is 1060 g/mol. The van der Waals surface area contributed by atoms with Crippen molar-refractivity contribution >= 4 is 51.5 Å². The van der Waals surface area contributed by atoms with E-state index in [1.54, 1.807) is 12.5 Å². The van der Waals surface area contributed by atoms with Crippen LogP contribution in [-0.2, 0) is 39.2 Å². The van der Waals surface area contributed by atoms with Crippen molar-refractivity contribution in [3.8, 4) is 11.1 Å². The Hall–Kier alpha value is -3.34. The van der Waals surface area contributed by atoms with Gasteiger partial charge in [0.1, 0.15) is 5.78 Å². The molecule has 0 radical (unpaired) electrons. The van der Waals surface area contributed by atoms with E-state index < -0.39 is 0 Å². The Morgan fingerprint density at radius 3 is 1.94 bits per heavy atom. The first-order valence-corrected chi connectivity index (χ1v) is 32.0. The van der Waals surface area contributed by atoms with Crippen LogP contribution in [0.3, 0.4) is 0 Å². The molecule has 7 heterocycles. The first-order chi connectivity index (χ1) is 38.7. The molecule has 1 saturated carbocycles. The number of piperidine rings is 3. The molecule has 7 N–H and O–H groups in total. The van der Waals surface area contributed by atoms with E-state index in [4.69, 9.17) is 0 Å². The molecule has 10 rings (SSSR count). The third-order valence-corrected chi connectivity index (χ3v) is 20.2. The third kappa shape index (κ3) is 20.3. The van der Waals surface area contributed by atoms with Crippen LogP contribution in [0.25, 0.3) is 22.0 Å². The van der Waals surface area contributed by atoms with Crippen LogP contribution < -0.4 is 53.7 Å². The number of aromatic nitrogens is 2. The second-order valence-corrected chi connectivity index (χ2v) is 25.0. The number of hydrogen-bond acceptors (Lipinski definition) is 6. The van der Waals surface area contributed by atoms with Crippen molar-refractivity contribution in [3.05, 3.63) is 116 Å². The second-order valence-electron chi connectivity index (χ2n) is 25.0. The van der Waals surface area contributed by atoms with Gasteiger partial charge in [0.25, 0.3) is 0 Å². The molecule has 2 amide bonds. The van der Waals surface area contributed by atoms with Crippen molar-refractivity contribution in [1.29, 1.82) is 0 Å². The van der Waals surface area contributed by atoms with Crippen LogP contribution >= 0.6 is 0 Å². The standard InChI is InChI=1S/C21H28N2O.C19H26N2.C11H18O.C10H17NO.C10H19N.Al.2Li.2H2O.4H/c1-4-12-21(5-2)13-8-14-23-15-11-18(20(21)23)17-9-6-7-10-19(17)22-16(3)24;1-2-19-10-5-12-21(14-19)13-9-16-15-6-3-4-7-17(15)20-18(16)8-11-19;1-3-8-11(4-2)9-6-5-7-10(11)12;1-3-6-10(4-2)7-5-8-11-9(10)12;1-3-6-10(4-2)7-5-8-11-9-10;;;;;;;;;/h6-7,9-11,15H,4-5,8,12-14H2,1-3H3,(H,22,24);3-4,6-7,20H,2,5,8-14H2,1H3;3H,1,4-9H2,2H3;3H,1,4-8H2,2H3,(H,11,12);3,11H,1,4-9H2,2H3;;;;2*1H2;;;;/q;;;;;;2*+1;;;;;;-1/p-1/t21-;19-;11-;2*10-;;;;;;;;;/m10111........./s1. The Morgan fingerprint density at radius 2 is 1.32 bits per heavy atom. The first-order valence-electron chi connectivity index (χ1n) is 32.0. The number of benzene rings is 2. The summed E-state index contributed by atoms with van der Waals surface area (Å²) in [5.74, 6) is 0.665. The van der Waals surface area contributed by atoms with Crippen molar-refractivity contribution in [2.24, 2.45) is 21.7 Å². The van der Waals surface area contributed by atoms with E-state index in [9.17, 15) is 14.4 Å². The fraction of sp³-hybridized carbons (Fsp3) is 0.620. The van der Waals surface area contributed by atoms with E-state index in [1.165, 1.54) is 163 Å². The van der Waals surface area contributed by atoms with Crippen LogP contribution in [-0.4, -0.2) is 99.6 Å². The monoisotopic (exact) mass is 1170 g/mol. The molecule has 14 heteroatoms. The number of allylic oxidation sites excluding steroid dienone is 3. The van der Waals surface area contributed by atoms with E-state index in [2.05, 4.69) is 146 Å². The number of anilines is 1. The van der Waals surface area contributed by atoms with Crippen LogP contribution in [0.5, 0.6) is 0 Å². The number of aromatic amines is 1. The molecule has 2 aromatic heterocycles. The summed E-state index contributed by atoms with van der Waals surface area (Å²) in [5.41, 5.74) is 10.4. The number of aryl methyl sites for hydroxylation is 2. The van der Waals surface area contributed by atoms with Gasteiger partial charge in [-0.05, 0) is 189 Å². The van der Waals surface area contributed by atoms with Gasteiger partial charge in [0.15, 0.2) is 17.4 Å². The van der Waals surface area contributed by atoms with E-state index in [0.717, 1.165) is 82.1 Å². The SMILES string of the molecule is C=CC[C@]1(CC)CCCCC1=O.C=CC[C@]1(CC)CCCNC1.C=CC[C@]1(CC)CCCNC1=O.CCC[C@]1(CC)CCCn2ccc(-c3ccccc3NC(C)=O)c21.CC[C@]12CCCN(CCc3c([nH]c4ccccc34)CC1)C2.O.[AlH3].[H-].[Li+].[Li+].[OH-]. The molecular formula is C71H115AlLi2N6O5. The van der Waals surface area contributed by atoms with Crippen molar-refractivity contribution < 1.29 is 64.5 Å². The van der Waals surface area contributed by atoms with Crippen LogP contribution in [0.2, 0.25) is 0 Å². The average molecular weight is 1170 g/mol. The average Bonchev–Trinajstić information content (AvgIpc) is 2.31. The summed E-state index contributed by atoms with van der Waals surface area (Å²) in [6, 6.07) is 19.2. The van der Waals surface area contributed by atoms with E-state index in [-0.39, 0.29) is 95.5 Å². The van der Waals surface area contributed by atoms with E-state index >= 15 is 0 Å². The van der Waals surface area contributed by atoms with Gasteiger partial charge >= 0.3 is 37.7 Å². The molecule has 3 saturated heterocycles. The number of nitrogens with one attached hydrogen (secondary N) is 4. The predicted octanol–water partition coefficient (Wildman–Crippen LogP) is 8.75.